The first-order valence-corrected chi connectivity index (χ1v) is 12.2. The summed E-state index contributed by atoms with van der Waals surface area (Å²) in [5.74, 6) is -0.801. The molecule has 0 fully saturated rings. The number of benzene rings is 3. The molecule has 0 aliphatic heterocycles. The molecule has 3 aromatic rings. The Hall–Kier alpha value is -3.65. The zero-order chi connectivity index (χ0) is 24.7. The molecule has 0 radical (unpaired) electrons. The number of methoxy groups -OCH3 is 1. The molecule has 0 N–H and O–H groups in total. The van der Waals surface area contributed by atoms with Gasteiger partial charge in [0.25, 0.3) is 15.9 Å². The summed E-state index contributed by atoms with van der Waals surface area (Å²) in [7, 11) is -1.11. The first-order chi connectivity index (χ1) is 16.2. The van der Waals surface area contributed by atoms with Crippen LogP contribution in [0.5, 0.6) is 0 Å². The number of amides is 1. The Balaban J connectivity index is 1.89. The summed E-state index contributed by atoms with van der Waals surface area (Å²) >= 11 is 0. The van der Waals surface area contributed by atoms with Crippen LogP contribution in [-0.4, -0.2) is 45.9 Å². The number of ether oxygens (including phenoxy) is 1. The molecule has 0 atom stereocenters. The largest absolute Gasteiger partial charge is 0.469 e. The maximum atomic E-state index is 13.4. The predicted octanol–water partition coefficient (Wildman–Crippen LogP) is 4.03. The van der Waals surface area contributed by atoms with Crippen LogP contribution in [-0.2, 0) is 26.1 Å². The van der Waals surface area contributed by atoms with E-state index in [2.05, 4.69) is 0 Å². The van der Waals surface area contributed by atoms with Crippen LogP contribution in [0.1, 0.15) is 27.9 Å². The van der Waals surface area contributed by atoms with Crippen molar-refractivity contribution >= 4 is 27.6 Å². The second-order valence-corrected chi connectivity index (χ2v) is 9.84. The highest BCUT2D eigenvalue weighted by Crippen LogP contribution is 2.23. The number of esters is 1. The van der Waals surface area contributed by atoms with Gasteiger partial charge in [0.15, 0.2) is 0 Å². The molecule has 1 amide bonds. The Morgan fingerprint density at radius 3 is 2.24 bits per heavy atom. The lowest BCUT2D eigenvalue weighted by atomic mass is 10.1. The van der Waals surface area contributed by atoms with Crippen molar-refractivity contribution in [2.24, 2.45) is 0 Å². The fourth-order valence-electron chi connectivity index (χ4n) is 3.41. The van der Waals surface area contributed by atoms with Gasteiger partial charge in [0.2, 0.25) is 0 Å². The fourth-order valence-corrected chi connectivity index (χ4v) is 4.65. The highest BCUT2D eigenvalue weighted by molar-refractivity contribution is 7.92. The molecule has 3 aromatic carbocycles. The van der Waals surface area contributed by atoms with Crippen molar-refractivity contribution in [2.75, 3.05) is 25.0 Å². The summed E-state index contributed by atoms with van der Waals surface area (Å²) in [4.78, 5) is 26.6. The number of hydrogen-bond acceptors (Lipinski definition) is 5. The van der Waals surface area contributed by atoms with Gasteiger partial charge in [-0.15, -0.1) is 0 Å². The Morgan fingerprint density at radius 1 is 0.912 bits per heavy atom. The van der Waals surface area contributed by atoms with Crippen LogP contribution in [0.4, 0.5) is 5.69 Å². The molecule has 0 unspecified atom stereocenters. The maximum Gasteiger partial charge on any atom is 0.307 e. The molecule has 178 valence electrons. The van der Waals surface area contributed by atoms with Gasteiger partial charge in [-0.05, 0) is 42.8 Å². The second-order valence-electron chi connectivity index (χ2n) is 7.87. The number of sulfonamides is 1. The van der Waals surface area contributed by atoms with Crippen molar-refractivity contribution in [3.63, 3.8) is 0 Å². The molecule has 0 bridgehead atoms. The minimum absolute atomic E-state index is 0.00838. The molecule has 7 nitrogen and oxygen atoms in total. The van der Waals surface area contributed by atoms with E-state index in [0.29, 0.717) is 5.69 Å². The van der Waals surface area contributed by atoms with Crippen molar-refractivity contribution in [1.29, 1.82) is 0 Å². The van der Waals surface area contributed by atoms with Crippen LogP contribution in [0.2, 0.25) is 0 Å². The van der Waals surface area contributed by atoms with Crippen LogP contribution in [0.15, 0.2) is 83.8 Å². The first kappa shape index (κ1) is 25.0. The number of aryl methyl sites for hydroxylation is 1. The summed E-state index contributed by atoms with van der Waals surface area (Å²) in [5, 5.41) is 0. The van der Waals surface area contributed by atoms with Gasteiger partial charge in [0, 0.05) is 25.7 Å². The van der Waals surface area contributed by atoms with E-state index in [-0.39, 0.29) is 35.9 Å². The SMILES string of the molecule is COC(=O)CCN(Cc1ccccc1)C(=O)c1cccc(S(=O)(=O)N(C)c2ccc(C)cc2)c1. The zero-order valence-electron chi connectivity index (χ0n) is 19.5. The summed E-state index contributed by atoms with van der Waals surface area (Å²) in [5.41, 5.74) is 2.65. The van der Waals surface area contributed by atoms with E-state index in [9.17, 15) is 18.0 Å². The normalized spacial score (nSPS) is 11.0. The molecule has 0 aliphatic rings. The summed E-state index contributed by atoms with van der Waals surface area (Å²) < 4.78 is 32.4. The Bertz CT molecular complexity index is 1240. The van der Waals surface area contributed by atoms with E-state index in [0.717, 1.165) is 11.1 Å². The average Bonchev–Trinajstić information content (AvgIpc) is 2.86. The molecular formula is C26H28N2O5S. The predicted molar refractivity (Wildman–Crippen MR) is 131 cm³/mol. The van der Waals surface area contributed by atoms with Crippen LogP contribution < -0.4 is 4.31 Å². The molecule has 0 aromatic heterocycles. The zero-order valence-corrected chi connectivity index (χ0v) is 20.3. The van der Waals surface area contributed by atoms with Crippen LogP contribution in [0.3, 0.4) is 0 Å². The minimum atomic E-state index is -3.89. The van der Waals surface area contributed by atoms with Crippen molar-refractivity contribution < 1.29 is 22.7 Å². The highest BCUT2D eigenvalue weighted by Gasteiger charge is 2.24. The smallest absolute Gasteiger partial charge is 0.307 e. The lowest BCUT2D eigenvalue weighted by Gasteiger charge is -2.23. The van der Waals surface area contributed by atoms with Gasteiger partial charge in [-0.25, -0.2) is 8.42 Å². The summed E-state index contributed by atoms with van der Waals surface area (Å²) in [6.07, 6.45) is 0.0310. The van der Waals surface area contributed by atoms with Crippen LogP contribution in [0, 0.1) is 6.92 Å². The van der Waals surface area contributed by atoms with Gasteiger partial charge >= 0.3 is 5.97 Å². The van der Waals surface area contributed by atoms with E-state index in [4.69, 9.17) is 4.74 Å². The standard InChI is InChI=1S/C26H28N2O5S/c1-20-12-14-23(15-13-20)27(2)34(31,32)24-11-7-10-22(18-24)26(30)28(17-16-25(29)33-3)19-21-8-5-4-6-9-21/h4-15,18H,16-17,19H2,1-3H3. The molecular weight excluding hydrogens is 452 g/mol. The molecule has 0 heterocycles. The topological polar surface area (TPSA) is 84.0 Å². The van der Waals surface area contributed by atoms with E-state index in [1.165, 1.54) is 35.5 Å². The molecule has 0 aliphatic carbocycles. The van der Waals surface area contributed by atoms with Gasteiger partial charge in [-0.1, -0.05) is 54.1 Å². The molecule has 0 saturated carbocycles. The van der Waals surface area contributed by atoms with Crippen molar-refractivity contribution in [1.82, 2.24) is 4.90 Å². The lowest BCUT2D eigenvalue weighted by molar-refractivity contribution is -0.140. The Labute approximate surface area is 200 Å². The molecule has 0 saturated heterocycles. The third-order valence-electron chi connectivity index (χ3n) is 5.45. The minimum Gasteiger partial charge on any atom is -0.469 e. The van der Waals surface area contributed by atoms with Gasteiger partial charge in [-0.2, -0.15) is 0 Å². The Morgan fingerprint density at radius 2 is 1.59 bits per heavy atom. The van der Waals surface area contributed by atoms with Gasteiger partial charge < -0.3 is 9.64 Å². The number of carbonyl (C=O) groups is 2. The highest BCUT2D eigenvalue weighted by atomic mass is 32.2. The number of carbonyl (C=O) groups excluding carboxylic acids is 2. The quantitative estimate of drug-likeness (QED) is 0.432. The molecule has 8 heteroatoms. The van der Waals surface area contributed by atoms with Gasteiger partial charge in [-0.3, -0.25) is 13.9 Å². The number of anilines is 1. The van der Waals surface area contributed by atoms with Crippen molar-refractivity contribution in [3.05, 3.63) is 95.6 Å². The Kier molecular flexibility index (Phi) is 8.07. The summed E-state index contributed by atoms with van der Waals surface area (Å²) in [6.45, 7) is 2.34. The third-order valence-corrected chi connectivity index (χ3v) is 7.24. The van der Waals surface area contributed by atoms with E-state index < -0.39 is 16.0 Å². The maximum absolute atomic E-state index is 13.4. The van der Waals surface area contributed by atoms with E-state index in [1.54, 1.807) is 24.3 Å². The lowest BCUT2D eigenvalue weighted by Crippen LogP contribution is -2.33. The van der Waals surface area contributed by atoms with Crippen molar-refractivity contribution in [2.45, 2.75) is 24.8 Å². The summed E-state index contributed by atoms with van der Waals surface area (Å²) in [6, 6.07) is 22.5. The van der Waals surface area contributed by atoms with E-state index >= 15 is 0 Å². The molecule has 0 spiro atoms. The first-order valence-electron chi connectivity index (χ1n) is 10.8. The molecule has 34 heavy (non-hydrogen) atoms. The monoisotopic (exact) mass is 480 g/mol. The second kappa shape index (κ2) is 11.0. The number of rotatable bonds is 9. The van der Waals surface area contributed by atoms with Crippen LogP contribution in [0.25, 0.3) is 0 Å². The van der Waals surface area contributed by atoms with E-state index in [1.807, 2.05) is 49.4 Å². The molecule has 3 rings (SSSR count). The van der Waals surface area contributed by atoms with Gasteiger partial charge in [0.1, 0.15) is 0 Å². The third kappa shape index (κ3) is 6.02. The fraction of sp³-hybridized carbons (Fsp3) is 0.231. The average molecular weight is 481 g/mol. The van der Waals surface area contributed by atoms with Gasteiger partial charge in [0.05, 0.1) is 24.1 Å². The number of nitrogens with zero attached hydrogens (tertiary/aromatic N) is 2. The van der Waals surface area contributed by atoms with Crippen molar-refractivity contribution in [3.8, 4) is 0 Å². The van der Waals surface area contributed by atoms with Crippen LogP contribution >= 0.6 is 0 Å². The number of hydrogen-bond donors (Lipinski definition) is 0.